The summed E-state index contributed by atoms with van der Waals surface area (Å²) in [5.74, 6) is 0.869. The molecule has 2 aromatic carbocycles. The first-order valence-electron chi connectivity index (χ1n) is 14.2. The fourth-order valence-electron chi connectivity index (χ4n) is 4.75. The van der Waals surface area contributed by atoms with E-state index in [-0.39, 0.29) is 18.0 Å². The van der Waals surface area contributed by atoms with Crippen molar-refractivity contribution in [3.63, 3.8) is 0 Å². The van der Waals surface area contributed by atoms with Crippen molar-refractivity contribution < 1.29 is 19.0 Å². The molecule has 0 aliphatic rings. The molecule has 0 unspecified atom stereocenters. The zero-order valence-corrected chi connectivity index (χ0v) is 29.2. The predicted octanol–water partition coefficient (Wildman–Crippen LogP) is 7.55. The molecule has 5 aromatic heterocycles. The summed E-state index contributed by atoms with van der Waals surface area (Å²) in [5, 5.41) is 47.7. The normalized spacial score (nSPS) is 10.6. The standard InChI is InChI=1S/C32H15N11O4S4/c1-45-18-8-20(37-16(10-33)11-34)48-26(18)30-39-24-22-23(42-43(41-22)32(44)47-14-15-6-4-3-5-7-15)25-29(28(24)50-30)51-31(40-25)27-19(46-2)9-21(49-27)38-17(12-35)13-36/h3-9H,14H2,1-2H3. The van der Waals surface area contributed by atoms with Gasteiger partial charge in [0.2, 0.25) is 11.4 Å². The molecule has 0 amide bonds. The van der Waals surface area contributed by atoms with E-state index in [2.05, 4.69) is 20.2 Å². The summed E-state index contributed by atoms with van der Waals surface area (Å²) in [7, 11) is 2.98. The molecule has 0 saturated heterocycles. The van der Waals surface area contributed by atoms with Gasteiger partial charge in [0.15, 0.2) is 0 Å². The summed E-state index contributed by atoms with van der Waals surface area (Å²) < 4.78 is 18.1. The molecular weight excluding hydrogens is 731 g/mol. The Morgan fingerprint density at radius 3 is 1.63 bits per heavy atom. The number of ether oxygens (including phenoxy) is 3. The van der Waals surface area contributed by atoms with Crippen LogP contribution in [-0.2, 0) is 11.3 Å². The Kier molecular flexibility index (Phi) is 8.85. The van der Waals surface area contributed by atoms with Crippen molar-refractivity contribution in [2.45, 2.75) is 6.61 Å². The summed E-state index contributed by atoms with van der Waals surface area (Å²) in [6, 6.07) is 19.4. The molecule has 5 heterocycles. The highest BCUT2D eigenvalue weighted by molar-refractivity contribution is 7.32. The van der Waals surface area contributed by atoms with E-state index in [9.17, 15) is 25.8 Å². The van der Waals surface area contributed by atoms with Gasteiger partial charge in [-0.05, 0) is 5.56 Å². The van der Waals surface area contributed by atoms with Gasteiger partial charge in [0.05, 0.1) is 23.6 Å². The SMILES string of the molecule is COc1cc(N=C(C#N)C#N)sc1-c1nc2c3nn(C(=O)OCc4ccccc4)nc3c3nc(-c4sc(N=C(C#N)C#N)cc4OC)sc3c2s1. The van der Waals surface area contributed by atoms with E-state index in [1.165, 1.54) is 59.6 Å². The Bertz CT molecular complexity index is 2570. The van der Waals surface area contributed by atoms with Crippen molar-refractivity contribution in [3.8, 4) is 55.5 Å². The van der Waals surface area contributed by atoms with Crippen molar-refractivity contribution in [3.05, 3.63) is 48.0 Å². The number of thiazole rings is 2. The third-order valence-corrected chi connectivity index (χ3v) is 11.6. The highest BCUT2D eigenvalue weighted by Gasteiger charge is 2.27. The van der Waals surface area contributed by atoms with Gasteiger partial charge in [-0.3, -0.25) is 0 Å². The van der Waals surface area contributed by atoms with Crippen LogP contribution in [0.25, 0.3) is 51.2 Å². The van der Waals surface area contributed by atoms with Crippen molar-refractivity contribution in [2.75, 3.05) is 14.2 Å². The summed E-state index contributed by atoms with van der Waals surface area (Å²) in [5.41, 5.74) is 1.67. The monoisotopic (exact) mass is 745 g/mol. The first kappa shape index (κ1) is 32.9. The van der Waals surface area contributed by atoms with Crippen molar-refractivity contribution in [1.29, 1.82) is 21.0 Å². The number of rotatable bonds is 8. The van der Waals surface area contributed by atoms with Gasteiger partial charge in [0.25, 0.3) is 0 Å². The number of nitriles is 4. The molecule has 15 nitrogen and oxygen atoms in total. The van der Waals surface area contributed by atoms with E-state index in [1.807, 2.05) is 30.3 Å². The highest BCUT2D eigenvalue weighted by Crippen LogP contribution is 2.50. The molecule has 7 aromatic rings. The average Bonchev–Trinajstić information content (AvgIpc) is 3.99. The average molecular weight is 746 g/mol. The van der Waals surface area contributed by atoms with E-state index in [4.69, 9.17) is 24.2 Å². The summed E-state index contributed by atoms with van der Waals surface area (Å²) >= 11 is 5.03. The number of thiophene rings is 2. The van der Waals surface area contributed by atoms with Crippen LogP contribution in [0.4, 0.5) is 14.8 Å². The predicted molar refractivity (Wildman–Crippen MR) is 192 cm³/mol. The van der Waals surface area contributed by atoms with Gasteiger partial charge >= 0.3 is 6.09 Å². The molecule has 0 aliphatic heterocycles. The lowest BCUT2D eigenvalue weighted by Gasteiger charge is -2.02. The van der Waals surface area contributed by atoms with E-state index >= 15 is 0 Å². The van der Waals surface area contributed by atoms with Crippen LogP contribution in [0, 0.1) is 45.3 Å². The largest absolute Gasteiger partial charge is 0.495 e. The van der Waals surface area contributed by atoms with Gasteiger partial charge < -0.3 is 14.2 Å². The smallest absolute Gasteiger partial charge is 0.452 e. The van der Waals surface area contributed by atoms with Crippen molar-refractivity contribution in [1.82, 2.24) is 25.0 Å². The fourth-order valence-corrected chi connectivity index (χ4v) is 9.18. The quantitative estimate of drug-likeness (QED) is 0.138. The molecule has 0 radical (unpaired) electrons. The molecule has 19 heteroatoms. The minimum Gasteiger partial charge on any atom is -0.495 e. The van der Waals surface area contributed by atoms with E-state index in [0.717, 1.165) is 10.4 Å². The molecule has 0 spiro atoms. The van der Waals surface area contributed by atoms with Gasteiger partial charge in [-0.15, -0.1) is 55.5 Å². The number of carbonyl (C=O) groups excluding carboxylic acids is 1. The molecule has 51 heavy (non-hydrogen) atoms. The topological polar surface area (TPSA) is 221 Å². The van der Waals surface area contributed by atoms with Crippen LogP contribution >= 0.6 is 45.3 Å². The summed E-state index contributed by atoms with van der Waals surface area (Å²) in [6.07, 6.45) is -0.802. The molecule has 0 saturated carbocycles. The van der Waals surface area contributed by atoms with Crippen LogP contribution in [0.1, 0.15) is 5.56 Å². The fraction of sp³-hybridized carbons (Fsp3) is 0.0938. The Morgan fingerprint density at radius 2 is 1.20 bits per heavy atom. The molecule has 0 atom stereocenters. The zero-order chi connectivity index (χ0) is 35.6. The number of hydrogen-bond acceptors (Lipinski definition) is 18. The van der Waals surface area contributed by atoms with Crippen LogP contribution < -0.4 is 9.47 Å². The summed E-state index contributed by atoms with van der Waals surface area (Å²) in [4.78, 5) is 33.3. The first-order chi connectivity index (χ1) is 24.9. The Balaban J connectivity index is 1.42. The maximum absolute atomic E-state index is 13.2. The maximum atomic E-state index is 13.2. The highest BCUT2D eigenvalue weighted by atomic mass is 32.1. The number of fused-ring (bicyclic) bond motifs is 6. The number of aromatic nitrogens is 5. The lowest BCUT2D eigenvalue weighted by molar-refractivity contribution is 0.134. The molecule has 0 fully saturated rings. The number of benzene rings is 2. The lowest BCUT2D eigenvalue weighted by Crippen LogP contribution is -2.16. The minimum absolute atomic E-state index is 0.00862. The Hall–Kier alpha value is -6.61. The number of aliphatic imine (C=N–C) groups is 2. The number of methoxy groups -OCH3 is 2. The van der Waals surface area contributed by atoms with Crippen LogP contribution in [0.3, 0.4) is 0 Å². The van der Waals surface area contributed by atoms with Gasteiger partial charge in [0, 0.05) is 12.1 Å². The summed E-state index contributed by atoms with van der Waals surface area (Å²) in [6.45, 7) is 0.00862. The van der Waals surface area contributed by atoms with Gasteiger partial charge in [0.1, 0.15) is 94.2 Å². The Labute approximate surface area is 302 Å². The zero-order valence-electron chi connectivity index (χ0n) is 25.9. The third kappa shape index (κ3) is 6.10. The minimum atomic E-state index is -0.802. The number of hydrogen-bond donors (Lipinski definition) is 0. The van der Waals surface area contributed by atoms with Crippen LogP contribution in [0.15, 0.2) is 52.4 Å². The first-order valence-corrected chi connectivity index (χ1v) is 17.5. The second kappa shape index (κ2) is 13.7. The molecular formula is C32H15N11O4S4. The molecule has 0 bridgehead atoms. The van der Waals surface area contributed by atoms with Crippen LogP contribution in [0.5, 0.6) is 11.5 Å². The lowest BCUT2D eigenvalue weighted by atomic mass is 10.2. The van der Waals surface area contributed by atoms with Crippen LogP contribution in [0.2, 0.25) is 0 Å². The van der Waals surface area contributed by atoms with E-state index in [1.54, 1.807) is 36.4 Å². The number of nitrogens with zero attached hydrogens (tertiary/aromatic N) is 11. The van der Waals surface area contributed by atoms with Gasteiger partial charge in [-0.2, -0.15) is 21.0 Å². The molecule has 0 N–H and O–H groups in total. The van der Waals surface area contributed by atoms with E-state index < -0.39 is 6.09 Å². The van der Waals surface area contributed by atoms with Gasteiger partial charge in [-0.25, -0.2) is 24.7 Å². The second-order valence-corrected chi connectivity index (χ2v) is 14.0. The molecule has 246 valence electrons. The third-order valence-electron chi connectivity index (χ3n) is 6.96. The van der Waals surface area contributed by atoms with Crippen LogP contribution in [-0.4, -0.2) is 56.7 Å². The number of carbonyl (C=O) groups is 1. The molecule has 7 rings (SSSR count). The molecule has 0 aliphatic carbocycles. The van der Waals surface area contributed by atoms with Gasteiger partial charge in [-0.1, -0.05) is 35.1 Å². The maximum Gasteiger partial charge on any atom is 0.452 e. The Morgan fingerprint density at radius 1 is 0.725 bits per heavy atom. The van der Waals surface area contributed by atoms with E-state index in [0.29, 0.717) is 72.7 Å². The van der Waals surface area contributed by atoms with Crippen molar-refractivity contribution in [2.24, 2.45) is 9.98 Å². The van der Waals surface area contributed by atoms with Crippen molar-refractivity contribution >= 4 is 104 Å². The second-order valence-electron chi connectivity index (χ2n) is 9.95.